The molecule has 128 valence electrons. The van der Waals surface area contributed by atoms with Crippen molar-refractivity contribution in [2.75, 3.05) is 28.8 Å². The molecule has 0 radical (unpaired) electrons. The Hall–Kier alpha value is -1.86. The summed E-state index contributed by atoms with van der Waals surface area (Å²) in [6.07, 6.45) is 0.607. The van der Waals surface area contributed by atoms with Crippen LogP contribution in [0.5, 0.6) is 0 Å². The Kier molecular flexibility index (Phi) is 4.64. The summed E-state index contributed by atoms with van der Waals surface area (Å²) in [5, 5.41) is 3.89. The van der Waals surface area contributed by atoms with Crippen molar-refractivity contribution in [3.63, 3.8) is 0 Å². The van der Waals surface area contributed by atoms with Gasteiger partial charge in [0, 0.05) is 35.6 Å². The van der Waals surface area contributed by atoms with Gasteiger partial charge in [0.15, 0.2) is 9.84 Å². The van der Waals surface area contributed by atoms with E-state index >= 15 is 0 Å². The normalized spacial score (nSPS) is 19.2. The van der Waals surface area contributed by atoms with Crippen molar-refractivity contribution >= 4 is 38.9 Å². The number of hydrogen-bond donors (Lipinski definition) is 1. The molecule has 1 unspecified atom stereocenters. The number of nitrogens with one attached hydrogen (secondary N) is 1. The molecule has 0 amide bonds. The lowest BCUT2D eigenvalue weighted by atomic mass is 10.2. The number of benzene rings is 1. The van der Waals surface area contributed by atoms with E-state index < -0.39 is 9.84 Å². The Labute approximate surface area is 146 Å². The molecule has 6 nitrogen and oxygen atoms in total. The predicted molar refractivity (Wildman–Crippen MR) is 97.0 cm³/mol. The first-order valence-corrected chi connectivity index (χ1v) is 9.84. The lowest BCUT2D eigenvalue weighted by Crippen LogP contribution is -2.34. The zero-order valence-corrected chi connectivity index (χ0v) is 15.1. The second kappa shape index (κ2) is 6.57. The number of nitrogens with zero attached hydrogens (tertiary/aromatic N) is 3. The predicted octanol–water partition coefficient (Wildman–Crippen LogP) is 2.81. The molecule has 2 aromatic rings. The zero-order valence-electron chi connectivity index (χ0n) is 13.5. The van der Waals surface area contributed by atoms with E-state index in [1.165, 1.54) is 0 Å². The third kappa shape index (κ3) is 3.96. The highest BCUT2D eigenvalue weighted by molar-refractivity contribution is 7.91. The summed E-state index contributed by atoms with van der Waals surface area (Å²) in [5.41, 5.74) is 1.68. The molecular formula is C16H19ClN4O2S. The van der Waals surface area contributed by atoms with Crippen molar-refractivity contribution in [2.45, 2.75) is 19.4 Å². The fourth-order valence-corrected chi connectivity index (χ4v) is 4.60. The summed E-state index contributed by atoms with van der Waals surface area (Å²) in [7, 11) is -1.11. The number of rotatable bonds is 4. The van der Waals surface area contributed by atoms with Crippen LogP contribution >= 0.6 is 11.6 Å². The first-order valence-electron chi connectivity index (χ1n) is 7.64. The molecule has 3 rings (SSSR count). The Morgan fingerprint density at radius 1 is 1.25 bits per heavy atom. The van der Waals surface area contributed by atoms with Gasteiger partial charge in [-0.15, -0.1) is 0 Å². The molecule has 1 atom stereocenters. The van der Waals surface area contributed by atoms with E-state index in [1.54, 1.807) is 12.1 Å². The number of aromatic nitrogens is 2. The fourth-order valence-electron chi connectivity index (χ4n) is 2.70. The van der Waals surface area contributed by atoms with Gasteiger partial charge >= 0.3 is 0 Å². The summed E-state index contributed by atoms with van der Waals surface area (Å²) >= 11 is 5.89. The standard InChI is InChI=1S/C16H19ClN4O2S/c1-11-9-15(19-13-5-3-12(17)4-6-13)20-16(18-11)21(2)14-7-8-24(22,23)10-14/h3-6,9,14H,7-8,10H2,1-2H3,(H,18,19,20). The van der Waals surface area contributed by atoms with Crippen molar-refractivity contribution in [3.8, 4) is 0 Å². The highest BCUT2D eigenvalue weighted by Crippen LogP contribution is 2.23. The van der Waals surface area contributed by atoms with E-state index in [0.717, 1.165) is 11.4 Å². The fraction of sp³-hybridized carbons (Fsp3) is 0.375. The maximum atomic E-state index is 11.7. The molecule has 1 saturated heterocycles. The van der Waals surface area contributed by atoms with Gasteiger partial charge in [0.25, 0.3) is 0 Å². The number of anilines is 3. The molecule has 24 heavy (non-hydrogen) atoms. The smallest absolute Gasteiger partial charge is 0.227 e. The Balaban J connectivity index is 1.82. The summed E-state index contributed by atoms with van der Waals surface area (Å²) in [5.74, 6) is 1.56. The van der Waals surface area contributed by atoms with Crippen molar-refractivity contribution in [1.82, 2.24) is 9.97 Å². The molecule has 1 aromatic carbocycles. The van der Waals surface area contributed by atoms with Gasteiger partial charge in [0.05, 0.1) is 11.5 Å². The molecule has 0 saturated carbocycles. The highest BCUT2D eigenvalue weighted by atomic mass is 35.5. The van der Waals surface area contributed by atoms with Gasteiger partial charge in [-0.2, -0.15) is 4.98 Å². The Bertz CT molecular complexity index is 840. The van der Waals surface area contributed by atoms with Gasteiger partial charge < -0.3 is 10.2 Å². The summed E-state index contributed by atoms with van der Waals surface area (Å²) in [6, 6.07) is 9.10. The molecule has 8 heteroatoms. The van der Waals surface area contributed by atoms with Crippen LogP contribution in [0, 0.1) is 6.92 Å². The average molecular weight is 367 g/mol. The minimum Gasteiger partial charge on any atom is -0.340 e. The van der Waals surface area contributed by atoms with Crippen LogP contribution in [0.15, 0.2) is 30.3 Å². The second-order valence-corrected chi connectivity index (χ2v) is 8.66. The minimum atomic E-state index is -2.95. The lowest BCUT2D eigenvalue weighted by molar-refractivity contribution is 0.600. The number of halogens is 1. The van der Waals surface area contributed by atoms with E-state index in [0.29, 0.717) is 23.2 Å². The SMILES string of the molecule is Cc1cc(Nc2ccc(Cl)cc2)nc(N(C)C2CCS(=O)(=O)C2)n1. The molecule has 2 heterocycles. The molecule has 0 aliphatic carbocycles. The van der Waals surface area contributed by atoms with Crippen LogP contribution < -0.4 is 10.2 Å². The molecular weight excluding hydrogens is 348 g/mol. The molecule has 0 spiro atoms. The van der Waals surface area contributed by atoms with Crippen LogP contribution in [0.4, 0.5) is 17.5 Å². The van der Waals surface area contributed by atoms with Crippen molar-refractivity contribution < 1.29 is 8.42 Å². The van der Waals surface area contributed by atoms with Gasteiger partial charge in [0.2, 0.25) is 5.95 Å². The summed E-state index contributed by atoms with van der Waals surface area (Å²) in [4.78, 5) is 10.8. The van der Waals surface area contributed by atoms with Crippen molar-refractivity contribution in [2.24, 2.45) is 0 Å². The molecule has 0 bridgehead atoms. The zero-order chi connectivity index (χ0) is 17.3. The van der Waals surface area contributed by atoms with Crippen molar-refractivity contribution in [3.05, 3.63) is 41.0 Å². The lowest BCUT2D eigenvalue weighted by Gasteiger charge is -2.24. The first kappa shape index (κ1) is 17.0. The van der Waals surface area contributed by atoms with E-state index in [1.807, 2.05) is 37.1 Å². The van der Waals surface area contributed by atoms with Gasteiger partial charge in [-0.1, -0.05) is 11.6 Å². The average Bonchev–Trinajstić information content (AvgIpc) is 2.88. The monoisotopic (exact) mass is 366 g/mol. The second-order valence-electron chi connectivity index (χ2n) is 5.99. The maximum absolute atomic E-state index is 11.7. The number of hydrogen-bond acceptors (Lipinski definition) is 6. The van der Waals surface area contributed by atoms with Gasteiger partial charge in [0.1, 0.15) is 5.82 Å². The third-order valence-electron chi connectivity index (χ3n) is 4.03. The van der Waals surface area contributed by atoms with Crippen molar-refractivity contribution in [1.29, 1.82) is 0 Å². The summed E-state index contributed by atoms with van der Waals surface area (Å²) < 4.78 is 23.4. The van der Waals surface area contributed by atoms with Crippen LogP contribution in [-0.4, -0.2) is 43.0 Å². The molecule has 1 aromatic heterocycles. The van der Waals surface area contributed by atoms with Crippen LogP contribution in [0.25, 0.3) is 0 Å². The minimum absolute atomic E-state index is 0.0832. The van der Waals surface area contributed by atoms with E-state index in [9.17, 15) is 8.42 Å². The topological polar surface area (TPSA) is 75.2 Å². The summed E-state index contributed by atoms with van der Waals surface area (Å²) in [6.45, 7) is 1.89. The third-order valence-corrected chi connectivity index (χ3v) is 6.03. The number of aryl methyl sites for hydroxylation is 1. The van der Waals surface area contributed by atoms with Crippen LogP contribution in [0.1, 0.15) is 12.1 Å². The largest absolute Gasteiger partial charge is 0.340 e. The quantitative estimate of drug-likeness (QED) is 0.896. The first-order chi connectivity index (χ1) is 11.3. The van der Waals surface area contributed by atoms with Crippen LogP contribution in [0.3, 0.4) is 0 Å². The highest BCUT2D eigenvalue weighted by Gasteiger charge is 2.31. The van der Waals surface area contributed by atoms with Gasteiger partial charge in [-0.05, 0) is 37.6 Å². The van der Waals surface area contributed by atoms with Crippen LogP contribution in [-0.2, 0) is 9.84 Å². The molecule has 1 aliphatic rings. The molecule has 1 N–H and O–H groups in total. The molecule has 1 aliphatic heterocycles. The van der Waals surface area contributed by atoms with E-state index in [4.69, 9.17) is 11.6 Å². The van der Waals surface area contributed by atoms with Gasteiger partial charge in [-0.25, -0.2) is 13.4 Å². The van der Waals surface area contributed by atoms with Gasteiger partial charge in [-0.3, -0.25) is 0 Å². The molecule has 1 fully saturated rings. The van der Waals surface area contributed by atoms with E-state index in [-0.39, 0.29) is 17.5 Å². The van der Waals surface area contributed by atoms with Crippen LogP contribution in [0.2, 0.25) is 5.02 Å². The Morgan fingerprint density at radius 3 is 2.58 bits per heavy atom. The van der Waals surface area contributed by atoms with E-state index in [2.05, 4.69) is 15.3 Å². The Morgan fingerprint density at radius 2 is 1.96 bits per heavy atom. The number of sulfone groups is 1. The maximum Gasteiger partial charge on any atom is 0.227 e.